The van der Waals surface area contributed by atoms with E-state index in [4.69, 9.17) is 5.73 Å². The average molecular weight is 289 g/mol. The van der Waals surface area contributed by atoms with Crippen LogP contribution in [0.4, 0.5) is 13.2 Å². The van der Waals surface area contributed by atoms with Crippen molar-refractivity contribution >= 4 is 11.8 Å². The SMILES string of the molecule is NC(CC1CCSCC1)c1ccccc1C(F)(F)F. The van der Waals surface area contributed by atoms with Crippen LogP contribution in [0.1, 0.15) is 36.4 Å². The third-order valence-corrected chi connectivity index (χ3v) is 4.64. The molecule has 0 radical (unpaired) electrons. The first-order valence-electron chi connectivity index (χ1n) is 6.48. The molecule has 1 saturated heterocycles. The van der Waals surface area contributed by atoms with E-state index >= 15 is 0 Å². The topological polar surface area (TPSA) is 26.0 Å². The fourth-order valence-corrected chi connectivity index (χ4v) is 3.75. The molecule has 1 aromatic carbocycles. The van der Waals surface area contributed by atoms with Crippen LogP contribution in [0.25, 0.3) is 0 Å². The Hall–Kier alpha value is -0.680. The first kappa shape index (κ1) is 14.7. The molecule has 106 valence electrons. The summed E-state index contributed by atoms with van der Waals surface area (Å²) in [5, 5.41) is 0. The van der Waals surface area contributed by atoms with Crippen LogP contribution in [0.5, 0.6) is 0 Å². The monoisotopic (exact) mass is 289 g/mol. The summed E-state index contributed by atoms with van der Waals surface area (Å²) in [5.41, 5.74) is 5.66. The molecule has 0 amide bonds. The van der Waals surface area contributed by atoms with Gasteiger partial charge in [-0.1, -0.05) is 18.2 Å². The van der Waals surface area contributed by atoms with Gasteiger partial charge in [0.25, 0.3) is 0 Å². The van der Waals surface area contributed by atoms with Crippen LogP contribution in [0.15, 0.2) is 24.3 Å². The van der Waals surface area contributed by atoms with Crippen molar-refractivity contribution in [3.63, 3.8) is 0 Å². The van der Waals surface area contributed by atoms with Gasteiger partial charge in [-0.2, -0.15) is 24.9 Å². The van der Waals surface area contributed by atoms with Gasteiger partial charge in [-0.05, 0) is 48.3 Å². The molecule has 1 heterocycles. The van der Waals surface area contributed by atoms with Crippen LogP contribution in [-0.2, 0) is 6.18 Å². The Kier molecular flexibility index (Phi) is 4.79. The van der Waals surface area contributed by atoms with Crippen molar-refractivity contribution in [2.24, 2.45) is 11.7 Å². The number of hydrogen-bond acceptors (Lipinski definition) is 2. The summed E-state index contributed by atoms with van der Waals surface area (Å²) in [4.78, 5) is 0. The molecular weight excluding hydrogens is 271 g/mol. The Bertz CT molecular complexity index is 413. The van der Waals surface area contributed by atoms with Crippen LogP contribution in [0, 0.1) is 5.92 Å². The summed E-state index contributed by atoms with van der Waals surface area (Å²) in [7, 11) is 0. The highest BCUT2D eigenvalue weighted by Gasteiger charge is 2.34. The van der Waals surface area contributed by atoms with Gasteiger partial charge in [-0.25, -0.2) is 0 Å². The van der Waals surface area contributed by atoms with Gasteiger partial charge in [0.05, 0.1) is 5.56 Å². The van der Waals surface area contributed by atoms with E-state index in [1.54, 1.807) is 6.07 Å². The second kappa shape index (κ2) is 6.18. The maximum atomic E-state index is 12.9. The lowest BCUT2D eigenvalue weighted by Gasteiger charge is -2.26. The normalized spacial score (nSPS) is 19.4. The molecule has 1 fully saturated rings. The molecule has 1 nitrogen and oxygen atoms in total. The van der Waals surface area contributed by atoms with E-state index in [0.717, 1.165) is 30.4 Å². The lowest BCUT2D eigenvalue weighted by atomic mass is 9.89. The van der Waals surface area contributed by atoms with Crippen molar-refractivity contribution in [3.8, 4) is 0 Å². The molecule has 5 heteroatoms. The number of rotatable bonds is 3. The van der Waals surface area contributed by atoms with Gasteiger partial charge in [0.2, 0.25) is 0 Å². The van der Waals surface area contributed by atoms with Crippen molar-refractivity contribution in [2.75, 3.05) is 11.5 Å². The summed E-state index contributed by atoms with van der Waals surface area (Å²) in [5.74, 6) is 2.65. The van der Waals surface area contributed by atoms with Crippen molar-refractivity contribution in [2.45, 2.75) is 31.5 Å². The van der Waals surface area contributed by atoms with Gasteiger partial charge in [0.1, 0.15) is 0 Å². The van der Waals surface area contributed by atoms with Crippen molar-refractivity contribution < 1.29 is 13.2 Å². The molecule has 2 rings (SSSR count). The molecule has 2 N–H and O–H groups in total. The molecular formula is C14H18F3NS. The molecule has 0 spiro atoms. The molecule has 0 aliphatic carbocycles. The van der Waals surface area contributed by atoms with Gasteiger partial charge in [0.15, 0.2) is 0 Å². The van der Waals surface area contributed by atoms with Crippen molar-refractivity contribution in [1.82, 2.24) is 0 Å². The van der Waals surface area contributed by atoms with Gasteiger partial charge in [-0.15, -0.1) is 0 Å². The Labute approximate surface area is 115 Å². The smallest absolute Gasteiger partial charge is 0.324 e. The molecule has 0 saturated carbocycles. The standard InChI is InChI=1S/C14H18F3NS/c15-14(16,17)12-4-2-1-3-11(12)13(18)9-10-5-7-19-8-6-10/h1-4,10,13H,5-9,18H2. The third kappa shape index (κ3) is 3.89. The Morgan fingerprint density at radius 1 is 1.21 bits per heavy atom. The third-order valence-electron chi connectivity index (χ3n) is 3.59. The number of halogens is 3. The first-order valence-corrected chi connectivity index (χ1v) is 7.63. The maximum Gasteiger partial charge on any atom is 0.416 e. The number of hydrogen-bond donors (Lipinski definition) is 1. The van der Waals surface area contributed by atoms with Crippen LogP contribution in [0.2, 0.25) is 0 Å². The average Bonchev–Trinajstić information content (AvgIpc) is 2.39. The van der Waals surface area contributed by atoms with Crippen LogP contribution in [0.3, 0.4) is 0 Å². The van der Waals surface area contributed by atoms with Gasteiger partial charge < -0.3 is 5.73 Å². The number of thioether (sulfide) groups is 1. The minimum Gasteiger partial charge on any atom is -0.324 e. The predicted octanol–water partition coefficient (Wildman–Crippen LogP) is 4.24. The number of alkyl halides is 3. The summed E-state index contributed by atoms with van der Waals surface area (Å²) in [6, 6.07) is 5.14. The zero-order valence-electron chi connectivity index (χ0n) is 10.6. The Morgan fingerprint density at radius 2 is 1.84 bits per heavy atom. The van der Waals surface area contributed by atoms with E-state index in [-0.39, 0.29) is 5.56 Å². The summed E-state index contributed by atoms with van der Waals surface area (Å²) in [6.07, 6.45) is -1.55. The Morgan fingerprint density at radius 3 is 2.47 bits per heavy atom. The van der Waals surface area contributed by atoms with Gasteiger partial charge in [0, 0.05) is 6.04 Å². The highest BCUT2D eigenvalue weighted by atomic mass is 32.2. The van der Waals surface area contributed by atoms with Crippen LogP contribution < -0.4 is 5.73 Å². The van der Waals surface area contributed by atoms with E-state index in [1.807, 2.05) is 11.8 Å². The first-order chi connectivity index (χ1) is 8.98. The summed E-state index contributed by atoms with van der Waals surface area (Å²) < 4.78 is 38.8. The van der Waals surface area contributed by atoms with E-state index in [0.29, 0.717) is 12.3 Å². The molecule has 0 bridgehead atoms. The minimum atomic E-state index is -4.32. The molecule has 1 aliphatic heterocycles. The van der Waals surface area contributed by atoms with Crippen LogP contribution >= 0.6 is 11.8 Å². The molecule has 1 unspecified atom stereocenters. The number of benzene rings is 1. The second-order valence-corrected chi connectivity index (χ2v) is 6.21. The number of nitrogens with two attached hydrogens (primary N) is 1. The van der Waals surface area contributed by atoms with Crippen molar-refractivity contribution in [1.29, 1.82) is 0 Å². The second-order valence-electron chi connectivity index (χ2n) is 4.98. The highest BCUT2D eigenvalue weighted by molar-refractivity contribution is 7.99. The molecule has 1 aromatic rings. The Balaban J connectivity index is 2.12. The van der Waals surface area contributed by atoms with Crippen LogP contribution in [-0.4, -0.2) is 11.5 Å². The molecule has 0 aromatic heterocycles. The lowest BCUT2D eigenvalue weighted by Crippen LogP contribution is -2.22. The lowest BCUT2D eigenvalue weighted by molar-refractivity contribution is -0.138. The minimum absolute atomic E-state index is 0.230. The van der Waals surface area contributed by atoms with E-state index in [9.17, 15) is 13.2 Å². The van der Waals surface area contributed by atoms with E-state index in [1.165, 1.54) is 12.1 Å². The fraction of sp³-hybridized carbons (Fsp3) is 0.571. The van der Waals surface area contributed by atoms with Gasteiger partial charge in [-0.3, -0.25) is 0 Å². The molecule has 19 heavy (non-hydrogen) atoms. The van der Waals surface area contributed by atoms with Crippen molar-refractivity contribution in [3.05, 3.63) is 35.4 Å². The molecule has 1 aliphatic rings. The fourth-order valence-electron chi connectivity index (χ4n) is 2.55. The zero-order valence-corrected chi connectivity index (χ0v) is 11.4. The maximum absolute atomic E-state index is 12.9. The molecule has 1 atom stereocenters. The highest BCUT2D eigenvalue weighted by Crippen LogP contribution is 2.37. The van der Waals surface area contributed by atoms with Gasteiger partial charge >= 0.3 is 6.18 Å². The van der Waals surface area contributed by atoms with E-state index in [2.05, 4.69) is 0 Å². The zero-order chi connectivity index (χ0) is 13.9. The summed E-state index contributed by atoms with van der Waals surface area (Å²) >= 11 is 1.91. The van der Waals surface area contributed by atoms with E-state index < -0.39 is 17.8 Å². The largest absolute Gasteiger partial charge is 0.416 e. The predicted molar refractivity (Wildman–Crippen MR) is 73.0 cm³/mol. The summed E-state index contributed by atoms with van der Waals surface area (Å²) in [6.45, 7) is 0. The quantitative estimate of drug-likeness (QED) is 0.900.